The zero-order valence-electron chi connectivity index (χ0n) is 10.3. The van der Waals surface area contributed by atoms with Crippen LogP contribution in [0.25, 0.3) is 0 Å². The second kappa shape index (κ2) is 8.76. The zero-order valence-corrected chi connectivity index (χ0v) is 11.9. The molecule has 0 aliphatic rings. The maximum Gasteiger partial charge on any atom is 0.166 e. The highest BCUT2D eigenvalue weighted by Gasteiger charge is 1.95. The topological polar surface area (TPSA) is 83.4 Å². The molecule has 2 aromatic rings. The summed E-state index contributed by atoms with van der Waals surface area (Å²) in [5.74, 6) is -0.350. The van der Waals surface area contributed by atoms with Crippen LogP contribution >= 0.6 is 11.3 Å². The van der Waals surface area contributed by atoms with Gasteiger partial charge in [0.25, 0.3) is 0 Å². The first kappa shape index (κ1) is 15.8. The van der Waals surface area contributed by atoms with Gasteiger partial charge in [0.05, 0.1) is 15.9 Å². The molecule has 2 aromatic heterocycles. The third-order valence-electron chi connectivity index (χ3n) is 2.05. The number of pyridine rings is 1. The predicted molar refractivity (Wildman–Crippen MR) is 73.6 cm³/mol. The molecule has 0 aromatic carbocycles. The summed E-state index contributed by atoms with van der Waals surface area (Å²) in [6, 6.07) is 7.81. The second-order valence-corrected chi connectivity index (χ2v) is 5.95. The molecule has 0 unspecified atom stereocenters. The third-order valence-corrected chi connectivity index (χ3v) is 3.48. The molecule has 0 spiro atoms. The van der Waals surface area contributed by atoms with Crippen LogP contribution in [0.4, 0.5) is 0 Å². The lowest BCUT2D eigenvalue weighted by molar-refractivity contribution is -0.377. The molecule has 2 rings (SSSR count). The van der Waals surface area contributed by atoms with Crippen molar-refractivity contribution >= 4 is 21.5 Å². The SMILES string of the molecule is O=S(=O)([O-])CCNCc1ccsc1.c1cc[nH+]cc1. The Labute approximate surface area is 117 Å². The van der Waals surface area contributed by atoms with E-state index >= 15 is 0 Å². The Hall–Kier alpha value is -1.28. The van der Waals surface area contributed by atoms with Gasteiger partial charge in [-0.2, -0.15) is 11.3 Å². The van der Waals surface area contributed by atoms with Crippen LogP contribution < -0.4 is 10.3 Å². The van der Waals surface area contributed by atoms with E-state index in [4.69, 9.17) is 0 Å². The molecule has 0 aliphatic carbocycles. The average molecular weight is 300 g/mol. The molecule has 7 heteroatoms. The Kier molecular flexibility index (Phi) is 7.27. The van der Waals surface area contributed by atoms with E-state index in [0.717, 1.165) is 5.56 Å². The largest absolute Gasteiger partial charge is 0.748 e. The van der Waals surface area contributed by atoms with E-state index in [2.05, 4.69) is 10.3 Å². The minimum absolute atomic E-state index is 0.210. The van der Waals surface area contributed by atoms with Gasteiger partial charge in [-0.1, -0.05) is 6.07 Å². The average Bonchev–Trinajstić information content (AvgIpc) is 2.90. The summed E-state index contributed by atoms with van der Waals surface area (Å²) in [4.78, 5) is 2.89. The molecule has 0 fully saturated rings. The van der Waals surface area contributed by atoms with Gasteiger partial charge in [0.1, 0.15) is 0 Å². The summed E-state index contributed by atoms with van der Waals surface area (Å²) in [6.45, 7) is 0.820. The molecular formula is C12H16N2O3S2. The van der Waals surface area contributed by atoms with E-state index < -0.39 is 10.1 Å². The minimum atomic E-state index is -4.08. The lowest BCUT2D eigenvalue weighted by Crippen LogP contribution is -2.22. The van der Waals surface area contributed by atoms with Crippen molar-refractivity contribution in [2.45, 2.75) is 6.54 Å². The molecule has 0 saturated heterocycles. The van der Waals surface area contributed by atoms with Crippen molar-refractivity contribution < 1.29 is 18.0 Å². The summed E-state index contributed by atoms with van der Waals surface area (Å²) < 4.78 is 30.6. The van der Waals surface area contributed by atoms with Crippen molar-refractivity contribution in [1.82, 2.24) is 5.32 Å². The Balaban J connectivity index is 0.000000250. The molecule has 0 bridgehead atoms. The van der Waals surface area contributed by atoms with Crippen molar-refractivity contribution in [3.05, 3.63) is 53.0 Å². The summed E-state index contributed by atoms with van der Waals surface area (Å²) in [7, 11) is -4.08. The number of H-pyrrole nitrogens is 1. The maximum absolute atomic E-state index is 10.2. The highest BCUT2D eigenvalue weighted by Crippen LogP contribution is 2.04. The Morgan fingerprint density at radius 3 is 2.42 bits per heavy atom. The summed E-state index contributed by atoms with van der Waals surface area (Å²) in [5.41, 5.74) is 1.10. The van der Waals surface area contributed by atoms with Crippen LogP contribution in [0.3, 0.4) is 0 Å². The van der Waals surface area contributed by atoms with Crippen LogP contribution in [0, 0.1) is 0 Å². The lowest BCUT2D eigenvalue weighted by Gasteiger charge is -2.06. The van der Waals surface area contributed by atoms with Crippen LogP contribution in [0.15, 0.2) is 47.4 Å². The van der Waals surface area contributed by atoms with E-state index in [1.807, 2.05) is 47.4 Å². The fourth-order valence-electron chi connectivity index (χ4n) is 1.17. The molecule has 0 radical (unpaired) electrons. The highest BCUT2D eigenvalue weighted by molar-refractivity contribution is 7.85. The molecule has 0 amide bonds. The minimum Gasteiger partial charge on any atom is -0.748 e. The fraction of sp³-hybridized carbons (Fsp3) is 0.250. The Morgan fingerprint density at radius 1 is 1.26 bits per heavy atom. The van der Waals surface area contributed by atoms with Crippen LogP contribution in [0.1, 0.15) is 5.56 Å². The molecule has 104 valence electrons. The summed E-state index contributed by atoms with van der Waals surface area (Å²) in [5, 5.41) is 6.79. The molecule has 0 saturated carbocycles. The normalized spacial score (nSPS) is 10.6. The van der Waals surface area contributed by atoms with Crippen LogP contribution in [0.2, 0.25) is 0 Å². The van der Waals surface area contributed by atoms with E-state index in [0.29, 0.717) is 6.54 Å². The van der Waals surface area contributed by atoms with E-state index in [1.165, 1.54) is 0 Å². The van der Waals surface area contributed by atoms with Gasteiger partial charge >= 0.3 is 0 Å². The highest BCUT2D eigenvalue weighted by atomic mass is 32.2. The molecule has 0 aliphatic heterocycles. The number of aromatic amines is 1. The fourth-order valence-corrected chi connectivity index (χ4v) is 2.23. The smallest absolute Gasteiger partial charge is 0.166 e. The van der Waals surface area contributed by atoms with Gasteiger partial charge in [0.15, 0.2) is 12.4 Å². The van der Waals surface area contributed by atoms with Crippen molar-refractivity contribution in [1.29, 1.82) is 0 Å². The Bertz CT molecular complexity index is 501. The van der Waals surface area contributed by atoms with E-state index in [9.17, 15) is 13.0 Å². The Morgan fingerprint density at radius 2 is 2.00 bits per heavy atom. The zero-order chi connectivity index (χ0) is 14.0. The number of hydrogen-bond acceptors (Lipinski definition) is 5. The summed E-state index contributed by atoms with van der Waals surface area (Å²) >= 11 is 1.58. The second-order valence-electron chi connectivity index (χ2n) is 3.65. The molecule has 5 nitrogen and oxygen atoms in total. The number of hydrogen-bond donors (Lipinski definition) is 1. The van der Waals surface area contributed by atoms with Gasteiger partial charge in [0, 0.05) is 25.2 Å². The predicted octanol–water partition coefficient (Wildman–Crippen LogP) is 0.884. The molecule has 2 N–H and O–H groups in total. The van der Waals surface area contributed by atoms with Crippen molar-refractivity contribution in [2.24, 2.45) is 0 Å². The standard InChI is InChI=1S/C7H11NO3S2.C5H5N/c9-13(10,11)4-2-8-5-7-1-3-12-6-7;1-2-4-6-5-3-1/h1,3,6,8H,2,4-5H2,(H,9,10,11);1-5H. The maximum atomic E-state index is 10.2. The van der Waals surface area contributed by atoms with Gasteiger partial charge in [-0.05, 0) is 22.4 Å². The third kappa shape index (κ3) is 9.32. The molecule has 2 heterocycles. The van der Waals surface area contributed by atoms with Crippen LogP contribution in [-0.4, -0.2) is 25.3 Å². The first-order valence-electron chi connectivity index (χ1n) is 5.64. The van der Waals surface area contributed by atoms with E-state index in [-0.39, 0.29) is 12.3 Å². The number of rotatable bonds is 5. The van der Waals surface area contributed by atoms with Gasteiger partial charge in [-0.15, -0.1) is 0 Å². The molecular weight excluding hydrogens is 284 g/mol. The number of nitrogens with one attached hydrogen (secondary N) is 2. The van der Waals surface area contributed by atoms with Crippen molar-refractivity contribution in [3.63, 3.8) is 0 Å². The first-order chi connectivity index (χ1) is 9.08. The van der Waals surface area contributed by atoms with Gasteiger partial charge in [-0.3, -0.25) is 0 Å². The van der Waals surface area contributed by atoms with Gasteiger partial charge < -0.3 is 9.87 Å². The first-order valence-corrected chi connectivity index (χ1v) is 8.16. The van der Waals surface area contributed by atoms with Crippen LogP contribution in [0.5, 0.6) is 0 Å². The van der Waals surface area contributed by atoms with E-state index in [1.54, 1.807) is 11.3 Å². The number of aromatic nitrogens is 1. The lowest BCUT2D eigenvalue weighted by atomic mass is 10.3. The molecule has 19 heavy (non-hydrogen) atoms. The summed E-state index contributed by atoms with van der Waals surface area (Å²) in [6.07, 6.45) is 3.75. The monoisotopic (exact) mass is 300 g/mol. The van der Waals surface area contributed by atoms with Crippen molar-refractivity contribution in [2.75, 3.05) is 12.3 Å². The molecule has 0 atom stereocenters. The van der Waals surface area contributed by atoms with Crippen LogP contribution in [-0.2, 0) is 16.7 Å². The van der Waals surface area contributed by atoms with Gasteiger partial charge in [0.2, 0.25) is 0 Å². The van der Waals surface area contributed by atoms with Gasteiger partial charge in [-0.25, -0.2) is 13.4 Å². The van der Waals surface area contributed by atoms with Crippen molar-refractivity contribution in [3.8, 4) is 0 Å². The quantitative estimate of drug-likeness (QED) is 0.656. The number of thiophene rings is 1.